The van der Waals surface area contributed by atoms with Gasteiger partial charge in [0.2, 0.25) is 0 Å². The van der Waals surface area contributed by atoms with Gasteiger partial charge in [0.05, 0.1) is 5.69 Å². The lowest BCUT2D eigenvalue weighted by Gasteiger charge is -2.16. The van der Waals surface area contributed by atoms with E-state index in [4.69, 9.17) is 4.98 Å². The van der Waals surface area contributed by atoms with Crippen LogP contribution >= 0.6 is 11.3 Å². The molecule has 0 aliphatic carbocycles. The zero-order valence-electron chi connectivity index (χ0n) is 15.4. The predicted octanol–water partition coefficient (Wildman–Crippen LogP) is 5.14. The largest absolute Gasteiger partial charge is 0.337 e. The van der Waals surface area contributed by atoms with E-state index in [-0.39, 0.29) is 5.91 Å². The van der Waals surface area contributed by atoms with Gasteiger partial charge in [-0.25, -0.2) is 4.98 Å². The van der Waals surface area contributed by atoms with Crippen LogP contribution in [-0.2, 0) is 6.54 Å². The van der Waals surface area contributed by atoms with E-state index in [1.165, 1.54) is 11.3 Å². The highest BCUT2D eigenvalue weighted by Crippen LogP contribution is 2.34. The maximum absolute atomic E-state index is 13.3. The van der Waals surface area contributed by atoms with E-state index in [0.717, 1.165) is 27.4 Å². The third kappa shape index (κ3) is 3.85. The quantitative estimate of drug-likeness (QED) is 0.478. The Hall–Kier alpha value is -3.31. The summed E-state index contributed by atoms with van der Waals surface area (Å²) in [7, 11) is 1.81. The summed E-state index contributed by atoms with van der Waals surface area (Å²) in [6.07, 6.45) is 3.51. The fraction of sp³-hybridized carbons (Fsp3) is 0.0870. The standard InChI is InChI=1S/C23H19N3OS/c1-26(16-17-9-8-14-24-15-17)23(27)21-20(18-10-4-2-5-11-18)25-22(28-21)19-12-6-3-7-13-19/h2-15H,16H2,1H3. The van der Waals surface area contributed by atoms with Crippen molar-refractivity contribution in [3.8, 4) is 21.8 Å². The summed E-state index contributed by atoms with van der Waals surface area (Å²) in [5, 5.41) is 0.845. The molecule has 0 fully saturated rings. The molecule has 0 spiro atoms. The van der Waals surface area contributed by atoms with Crippen LogP contribution in [0.3, 0.4) is 0 Å². The molecule has 0 radical (unpaired) electrons. The fourth-order valence-corrected chi connectivity index (χ4v) is 4.06. The maximum atomic E-state index is 13.3. The first kappa shape index (κ1) is 18.1. The fourth-order valence-electron chi connectivity index (χ4n) is 2.97. The number of rotatable bonds is 5. The van der Waals surface area contributed by atoms with Crippen molar-refractivity contribution in [1.82, 2.24) is 14.9 Å². The summed E-state index contributed by atoms with van der Waals surface area (Å²) in [4.78, 5) is 24.6. The second-order valence-electron chi connectivity index (χ2n) is 6.45. The van der Waals surface area contributed by atoms with Crippen LogP contribution in [0.5, 0.6) is 0 Å². The van der Waals surface area contributed by atoms with Gasteiger partial charge in [0.1, 0.15) is 9.88 Å². The van der Waals surface area contributed by atoms with Crippen molar-refractivity contribution in [2.24, 2.45) is 0 Å². The monoisotopic (exact) mass is 385 g/mol. The van der Waals surface area contributed by atoms with Gasteiger partial charge in [0.25, 0.3) is 5.91 Å². The second-order valence-corrected chi connectivity index (χ2v) is 7.45. The molecule has 0 N–H and O–H groups in total. The minimum atomic E-state index is -0.0395. The third-order valence-electron chi connectivity index (χ3n) is 4.38. The van der Waals surface area contributed by atoms with Crippen LogP contribution < -0.4 is 0 Å². The number of hydrogen-bond acceptors (Lipinski definition) is 4. The summed E-state index contributed by atoms with van der Waals surface area (Å²) in [5.41, 5.74) is 3.68. The van der Waals surface area contributed by atoms with Crippen molar-refractivity contribution >= 4 is 17.2 Å². The summed E-state index contributed by atoms with van der Waals surface area (Å²) in [5.74, 6) is -0.0395. The van der Waals surface area contributed by atoms with Gasteiger partial charge >= 0.3 is 0 Å². The Morgan fingerprint density at radius 1 is 0.929 bits per heavy atom. The topological polar surface area (TPSA) is 46.1 Å². The Labute approximate surface area is 168 Å². The van der Waals surface area contributed by atoms with Gasteiger partial charge in [-0.1, -0.05) is 66.7 Å². The van der Waals surface area contributed by atoms with E-state index >= 15 is 0 Å². The number of amides is 1. The summed E-state index contributed by atoms with van der Waals surface area (Å²) < 4.78 is 0. The minimum Gasteiger partial charge on any atom is -0.337 e. The molecule has 2 aromatic carbocycles. The molecule has 0 aliphatic heterocycles. The minimum absolute atomic E-state index is 0.0395. The molecule has 0 bridgehead atoms. The van der Waals surface area contributed by atoms with Gasteiger partial charge in [-0.2, -0.15) is 0 Å². The Kier molecular flexibility index (Phi) is 5.26. The van der Waals surface area contributed by atoms with Crippen LogP contribution in [0.15, 0.2) is 85.2 Å². The van der Waals surface area contributed by atoms with E-state index in [0.29, 0.717) is 11.4 Å². The Balaban J connectivity index is 1.72. The van der Waals surface area contributed by atoms with Crippen LogP contribution in [-0.4, -0.2) is 27.8 Å². The number of pyridine rings is 1. The van der Waals surface area contributed by atoms with Crippen LogP contribution in [0.25, 0.3) is 21.8 Å². The number of benzene rings is 2. The molecule has 1 amide bonds. The van der Waals surface area contributed by atoms with Gasteiger partial charge in [0.15, 0.2) is 0 Å². The number of thiazole rings is 1. The molecule has 4 rings (SSSR count). The highest BCUT2D eigenvalue weighted by atomic mass is 32.1. The van der Waals surface area contributed by atoms with Crippen LogP contribution in [0.1, 0.15) is 15.2 Å². The van der Waals surface area contributed by atoms with Crippen molar-refractivity contribution in [1.29, 1.82) is 0 Å². The first-order valence-electron chi connectivity index (χ1n) is 8.98. The third-order valence-corrected chi connectivity index (χ3v) is 5.47. The first-order valence-corrected chi connectivity index (χ1v) is 9.80. The Morgan fingerprint density at radius 2 is 1.61 bits per heavy atom. The molecule has 138 valence electrons. The normalized spacial score (nSPS) is 10.6. The Morgan fingerprint density at radius 3 is 2.25 bits per heavy atom. The van der Waals surface area contributed by atoms with Gasteiger partial charge < -0.3 is 4.90 Å². The second kappa shape index (κ2) is 8.15. The molecule has 0 atom stereocenters. The Bertz CT molecular complexity index is 1060. The van der Waals surface area contributed by atoms with Gasteiger partial charge in [-0.3, -0.25) is 9.78 Å². The van der Waals surface area contributed by atoms with Gasteiger partial charge in [-0.15, -0.1) is 11.3 Å². The molecule has 5 heteroatoms. The molecule has 0 unspecified atom stereocenters. The van der Waals surface area contributed by atoms with E-state index in [1.54, 1.807) is 17.3 Å². The van der Waals surface area contributed by atoms with Crippen molar-refractivity contribution in [3.05, 3.63) is 95.6 Å². The van der Waals surface area contributed by atoms with Crippen molar-refractivity contribution < 1.29 is 4.79 Å². The first-order chi connectivity index (χ1) is 13.7. The number of hydrogen-bond donors (Lipinski definition) is 0. The van der Waals surface area contributed by atoms with Crippen LogP contribution in [0.4, 0.5) is 0 Å². The van der Waals surface area contributed by atoms with Gasteiger partial charge in [0, 0.05) is 37.1 Å². The summed E-state index contributed by atoms with van der Waals surface area (Å²) in [6, 6.07) is 23.7. The lowest BCUT2D eigenvalue weighted by molar-refractivity contribution is 0.0790. The SMILES string of the molecule is CN(Cc1cccnc1)C(=O)c1sc(-c2ccccc2)nc1-c1ccccc1. The lowest BCUT2D eigenvalue weighted by atomic mass is 10.1. The number of nitrogens with zero attached hydrogens (tertiary/aromatic N) is 3. The van der Waals surface area contributed by atoms with E-state index in [9.17, 15) is 4.79 Å². The van der Waals surface area contributed by atoms with Crippen LogP contribution in [0.2, 0.25) is 0 Å². The van der Waals surface area contributed by atoms with E-state index in [1.807, 2.05) is 79.8 Å². The van der Waals surface area contributed by atoms with Crippen LogP contribution in [0, 0.1) is 0 Å². The number of carbonyl (C=O) groups is 1. The maximum Gasteiger partial charge on any atom is 0.266 e. The lowest BCUT2D eigenvalue weighted by Crippen LogP contribution is -2.26. The van der Waals surface area contributed by atoms with Crippen molar-refractivity contribution in [3.63, 3.8) is 0 Å². The zero-order valence-corrected chi connectivity index (χ0v) is 16.3. The molecule has 0 aliphatic rings. The number of carbonyl (C=O) groups excluding carboxylic acids is 1. The zero-order chi connectivity index (χ0) is 19.3. The van der Waals surface area contributed by atoms with Crippen molar-refractivity contribution in [2.75, 3.05) is 7.05 Å². The van der Waals surface area contributed by atoms with Crippen molar-refractivity contribution in [2.45, 2.75) is 6.54 Å². The number of aromatic nitrogens is 2. The molecular formula is C23H19N3OS. The molecule has 28 heavy (non-hydrogen) atoms. The average Bonchev–Trinajstić information content (AvgIpc) is 3.20. The highest BCUT2D eigenvalue weighted by molar-refractivity contribution is 7.17. The molecule has 2 aromatic heterocycles. The molecule has 4 nitrogen and oxygen atoms in total. The molecule has 0 saturated heterocycles. The summed E-state index contributed by atoms with van der Waals surface area (Å²) in [6.45, 7) is 0.499. The average molecular weight is 385 g/mol. The van der Waals surface area contributed by atoms with Gasteiger partial charge in [-0.05, 0) is 11.6 Å². The smallest absolute Gasteiger partial charge is 0.266 e. The molecule has 0 saturated carbocycles. The molecular weight excluding hydrogens is 366 g/mol. The highest BCUT2D eigenvalue weighted by Gasteiger charge is 2.23. The summed E-state index contributed by atoms with van der Waals surface area (Å²) >= 11 is 1.44. The van der Waals surface area contributed by atoms with E-state index < -0.39 is 0 Å². The predicted molar refractivity (Wildman–Crippen MR) is 113 cm³/mol. The molecule has 2 heterocycles. The molecule has 4 aromatic rings. The van der Waals surface area contributed by atoms with E-state index in [2.05, 4.69) is 4.98 Å².